The Morgan fingerprint density at radius 1 is 1.00 bits per heavy atom. The Bertz CT molecular complexity index is 912. The van der Waals surface area contributed by atoms with Crippen LogP contribution >= 0.6 is 0 Å². The van der Waals surface area contributed by atoms with Crippen molar-refractivity contribution in [1.29, 1.82) is 0 Å². The van der Waals surface area contributed by atoms with E-state index in [2.05, 4.69) is 47.5 Å². The zero-order valence-corrected chi connectivity index (χ0v) is 18.4. The highest BCUT2D eigenvalue weighted by Gasteiger charge is 2.29. The second-order valence-electron chi connectivity index (χ2n) is 8.24. The molecule has 2 atom stereocenters. The van der Waals surface area contributed by atoms with Gasteiger partial charge in [0, 0.05) is 44.8 Å². The molecule has 0 amide bonds. The largest absolute Gasteiger partial charge is 0.379 e. The molecule has 2 saturated heterocycles. The monoisotopic (exact) mass is 429 g/mol. The first-order valence-corrected chi connectivity index (χ1v) is 12.1. The van der Waals surface area contributed by atoms with E-state index in [-0.39, 0.29) is 0 Å². The molecule has 6 nitrogen and oxygen atoms in total. The van der Waals surface area contributed by atoms with Crippen LogP contribution in [0.1, 0.15) is 24.5 Å². The van der Waals surface area contributed by atoms with E-state index >= 15 is 0 Å². The Hall–Kier alpha value is -1.77. The fraction of sp³-hybridized carbons (Fsp3) is 0.478. The first kappa shape index (κ1) is 21.5. The minimum absolute atomic E-state index is 0.358. The van der Waals surface area contributed by atoms with E-state index in [4.69, 9.17) is 4.74 Å². The molecule has 2 aliphatic rings. The number of benzene rings is 2. The van der Waals surface area contributed by atoms with Gasteiger partial charge in [0.05, 0.1) is 18.1 Å². The summed E-state index contributed by atoms with van der Waals surface area (Å²) in [6, 6.07) is 18.9. The molecule has 7 heteroatoms. The third-order valence-corrected chi connectivity index (χ3v) is 7.97. The second-order valence-corrected chi connectivity index (χ2v) is 10.2. The highest BCUT2D eigenvalue weighted by Crippen LogP contribution is 2.21. The number of hydrogen-bond acceptors (Lipinski definition) is 5. The maximum atomic E-state index is 12.7. The van der Waals surface area contributed by atoms with E-state index in [0.29, 0.717) is 43.3 Å². The van der Waals surface area contributed by atoms with Crippen molar-refractivity contribution in [2.45, 2.75) is 43.4 Å². The van der Waals surface area contributed by atoms with E-state index in [1.165, 1.54) is 9.87 Å². The molecule has 4 rings (SSSR count). The highest BCUT2D eigenvalue weighted by molar-refractivity contribution is 7.89. The van der Waals surface area contributed by atoms with Gasteiger partial charge in [-0.2, -0.15) is 4.31 Å². The molecule has 1 N–H and O–H groups in total. The number of rotatable bonds is 7. The van der Waals surface area contributed by atoms with Gasteiger partial charge in [0.15, 0.2) is 0 Å². The van der Waals surface area contributed by atoms with Crippen LogP contribution in [0.25, 0.3) is 0 Å². The Morgan fingerprint density at radius 3 is 2.40 bits per heavy atom. The molecule has 0 radical (unpaired) electrons. The predicted molar refractivity (Wildman–Crippen MR) is 118 cm³/mol. The minimum atomic E-state index is -3.43. The maximum Gasteiger partial charge on any atom is 0.243 e. The highest BCUT2D eigenvalue weighted by atomic mass is 32.2. The van der Waals surface area contributed by atoms with Crippen LogP contribution in [0.4, 0.5) is 0 Å². The molecule has 162 valence electrons. The van der Waals surface area contributed by atoms with Crippen LogP contribution in [0.2, 0.25) is 0 Å². The molecule has 2 aromatic rings. The van der Waals surface area contributed by atoms with Crippen LogP contribution in [-0.4, -0.2) is 62.6 Å². The summed E-state index contributed by atoms with van der Waals surface area (Å²) in [6.45, 7) is 6.80. The summed E-state index contributed by atoms with van der Waals surface area (Å²) < 4.78 is 32.2. The number of sulfonamides is 1. The third-order valence-electron chi connectivity index (χ3n) is 6.06. The molecule has 0 saturated carbocycles. The van der Waals surface area contributed by atoms with Crippen molar-refractivity contribution in [2.75, 3.05) is 32.8 Å². The Kier molecular flexibility index (Phi) is 6.85. The standard InChI is InChI=1S/C23H31N3O3S/c1-19-15-22(18-25(19)17-21-5-3-2-4-6-21)24-16-20-7-9-23(10-8-20)30(27,28)26-11-13-29-14-12-26/h2-10,19,22,24H,11-18H2,1H3/t19-,22+/m1/s1. The van der Waals surface area contributed by atoms with E-state index in [1.54, 1.807) is 12.1 Å². The van der Waals surface area contributed by atoms with Crippen molar-refractivity contribution in [3.05, 3.63) is 65.7 Å². The van der Waals surface area contributed by atoms with Gasteiger partial charge in [0.25, 0.3) is 0 Å². The van der Waals surface area contributed by atoms with Crippen molar-refractivity contribution < 1.29 is 13.2 Å². The smallest absolute Gasteiger partial charge is 0.243 e. The van der Waals surface area contributed by atoms with E-state index in [0.717, 1.165) is 31.6 Å². The third kappa shape index (κ3) is 5.10. The summed E-state index contributed by atoms with van der Waals surface area (Å²) in [7, 11) is -3.43. The fourth-order valence-electron chi connectivity index (χ4n) is 4.26. The SMILES string of the molecule is C[C@@H]1C[C@H](NCc2ccc(S(=O)(=O)N3CCOCC3)cc2)CN1Cc1ccccc1. The average Bonchev–Trinajstić information content (AvgIpc) is 3.13. The van der Waals surface area contributed by atoms with Gasteiger partial charge in [-0.3, -0.25) is 4.90 Å². The van der Waals surface area contributed by atoms with Gasteiger partial charge >= 0.3 is 0 Å². The second kappa shape index (κ2) is 9.58. The average molecular weight is 430 g/mol. The number of hydrogen-bond donors (Lipinski definition) is 1. The zero-order valence-electron chi connectivity index (χ0n) is 17.5. The Morgan fingerprint density at radius 2 is 1.70 bits per heavy atom. The van der Waals surface area contributed by atoms with Gasteiger partial charge in [-0.1, -0.05) is 42.5 Å². The number of nitrogens with one attached hydrogen (secondary N) is 1. The summed E-state index contributed by atoms with van der Waals surface area (Å²) in [4.78, 5) is 2.88. The number of likely N-dealkylation sites (tertiary alicyclic amines) is 1. The molecule has 0 aromatic heterocycles. The lowest BCUT2D eigenvalue weighted by molar-refractivity contribution is 0.0730. The van der Waals surface area contributed by atoms with Crippen LogP contribution in [0.5, 0.6) is 0 Å². The number of nitrogens with zero attached hydrogens (tertiary/aromatic N) is 2. The first-order chi connectivity index (χ1) is 14.5. The van der Waals surface area contributed by atoms with E-state index in [1.807, 2.05) is 12.1 Å². The van der Waals surface area contributed by atoms with Gasteiger partial charge < -0.3 is 10.1 Å². The molecular weight excluding hydrogens is 398 g/mol. The van der Waals surface area contributed by atoms with Crippen LogP contribution in [0.15, 0.2) is 59.5 Å². The lowest BCUT2D eigenvalue weighted by Crippen LogP contribution is -2.40. The van der Waals surface area contributed by atoms with Crippen LogP contribution in [-0.2, 0) is 27.8 Å². The van der Waals surface area contributed by atoms with Crippen molar-refractivity contribution in [1.82, 2.24) is 14.5 Å². The van der Waals surface area contributed by atoms with Gasteiger partial charge in [-0.05, 0) is 36.6 Å². The lowest BCUT2D eigenvalue weighted by Gasteiger charge is -2.26. The Balaban J connectivity index is 1.30. The maximum absolute atomic E-state index is 12.7. The van der Waals surface area contributed by atoms with E-state index < -0.39 is 10.0 Å². The van der Waals surface area contributed by atoms with Crippen LogP contribution < -0.4 is 5.32 Å². The first-order valence-electron chi connectivity index (χ1n) is 10.7. The molecular formula is C23H31N3O3S. The summed E-state index contributed by atoms with van der Waals surface area (Å²) in [5, 5.41) is 3.65. The van der Waals surface area contributed by atoms with Gasteiger partial charge in [0.2, 0.25) is 10.0 Å². The van der Waals surface area contributed by atoms with Crippen LogP contribution in [0, 0.1) is 0 Å². The van der Waals surface area contributed by atoms with Gasteiger partial charge in [-0.25, -0.2) is 8.42 Å². The van der Waals surface area contributed by atoms with Gasteiger partial charge in [-0.15, -0.1) is 0 Å². The molecule has 2 fully saturated rings. The molecule has 30 heavy (non-hydrogen) atoms. The molecule has 2 heterocycles. The summed E-state index contributed by atoms with van der Waals surface area (Å²) in [5.41, 5.74) is 2.45. The lowest BCUT2D eigenvalue weighted by atomic mass is 10.1. The summed E-state index contributed by atoms with van der Waals surface area (Å²) >= 11 is 0. The van der Waals surface area contributed by atoms with Crippen LogP contribution in [0.3, 0.4) is 0 Å². The fourth-order valence-corrected chi connectivity index (χ4v) is 5.67. The molecule has 0 unspecified atom stereocenters. The Labute approximate surface area is 179 Å². The molecule has 0 aliphatic carbocycles. The molecule has 2 aliphatic heterocycles. The van der Waals surface area contributed by atoms with E-state index in [9.17, 15) is 8.42 Å². The quantitative estimate of drug-likeness (QED) is 0.733. The summed E-state index contributed by atoms with van der Waals surface area (Å²) in [6.07, 6.45) is 1.12. The molecule has 2 aromatic carbocycles. The minimum Gasteiger partial charge on any atom is -0.379 e. The number of morpholine rings is 1. The van der Waals surface area contributed by atoms with Crippen molar-refractivity contribution in [3.63, 3.8) is 0 Å². The van der Waals surface area contributed by atoms with Gasteiger partial charge in [0.1, 0.15) is 0 Å². The number of ether oxygens (including phenoxy) is 1. The predicted octanol–water partition coefficient (Wildman–Crippen LogP) is 2.46. The molecule has 0 bridgehead atoms. The molecule has 0 spiro atoms. The summed E-state index contributed by atoms with van der Waals surface area (Å²) in [5.74, 6) is 0. The van der Waals surface area contributed by atoms with Crippen molar-refractivity contribution in [2.24, 2.45) is 0 Å². The van der Waals surface area contributed by atoms with Crippen molar-refractivity contribution >= 4 is 10.0 Å². The zero-order chi connectivity index (χ0) is 21.0. The normalized spacial score (nSPS) is 23.6. The van der Waals surface area contributed by atoms with Crippen molar-refractivity contribution in [3.8, 4) is 0 Å². The topological polar surface area (TPSA) is 61.9 Å².